The van der Waals surface area contributed by atoms with Gasteiger partial charge in [0.1, 0.15) is 5.75 Å². The Kier molecular flexibility index (Phi) is 7.83. The predicted octanol–water partition coefficient (Wildman–Crippen LogP) is 4.64. The number of ether oxygens (including phenoxy) is 2. The third kappa shape index (κ3) is 6.68. The van der Waals surface area contributed by atoms with Crippen molar-refractivity contribution < 1.29 is 19.1 Å². The zero-order valence-electron chi connectivity index (χ0n) is 16.2. The van der Waals surface area contributed by atoms with Crippen LogP contribution in [0.25, 0.3) is 0 Å². The fraction of sp³-hybridized carbons (Fsp3) is 0.364. The average Bonchev–Trinajstić information content (AvgIpc) is 3.57. The van der Waals surface area contributed by atoms with Crippen LogP contribution in [0.15, 0.2) is 53.4 Å². The van der Waals surface area contributed by atoms with E-state index in [0.717, 1.165) is 29.1 Å². The number of nitrogens with one attached hydrogen (secondary N) is 1. The molecule has 1 atom stereocenters. The van der Waals surface area contributed by atoms with E-state index in [-0.39, 0.29) is 25.0 Å². The van der Waals surface area contributed by atoms with Gasteiger partial charge >= 0.3 is 5.97 Å². The van der Waals surface area contributed by atoms with E-state index in [2.05, 4.69) is 5.32 Å². The summed E-state index contributed by atoms with van der Waals surface area (Å²) in [6.45, 7) is -0.269. The third-order valence-corrected chi connectivity index (χ3v) is 6.17. The van der Waals surface area contributed by atoms with E-state index in [1.807, 2.05) is 48.5 Å². The van der Waals surface area contributed by atoms with E-state index in [9.17, 15) is 9.59 Å². The van der Waals surface area contributed by atoms with Crippen LogP contribution >= 0.6 is 23.4 Å². The molecule has 3 rings (SSSR count). The molecule has 0 bridgehead atoms. The lowest BCUT2D eigenvalue weighted by molar-refractivity contribution is -0.148. The number of thioether (sulfide) groups is 1. The Hall–Kier alpha value is -2.18. The van der Waals surface area contributed by atoms with Gasteiger partial charge in [-0.25, -0.2) is 0 Å². The van der Waals surface area contributed by atoms with Gasteiger partial charge in [-0.05, 0) is 48.6 Å². The van der Waals surface area contributed by atoms with Gasteiger partial charge in [-0.15, -0.1) is 11.8 Å². The molecule has 154 valence electrons. The largest absolute Gasteiger partial charge is 0.497 e. The van der Waals surface area contributed by atoms with Crippen molar-refractivity contribution in [3.8, 4) is 5.75 Å². The van der Waals surface area contributed by atoms with Gasteiger partial charge in [-0.2, -0.15) is 0 Å². The van der Waals surface area contributed by atoms with Gasteiger partial charge in [0.15, 0.2) is 6.61 Å². The number of hydrogen-bond donors (Lipinski definition) is 1. The monoisotopic (exact) mass is 433 g/mol. The minimum absolute atomic E-state index is 0.0668. The van der Waals surface area contributed by atoms with Crippen LogP contribution in [0.2, 0.25) is 5.02 Å². The smallest absolute Gasteiger partial charge is 0.307 e. The van der Waals surface area contributed by atoms with Crippen LogP contribution in [0.4, 0.5) is 0 Å². The van der Waals surface area contributed by atoms with Crippen molar-refractivity contribution in [2.24, 2.45) is 5.92 Å². The number of hydrogen-bond acceptors (Lipinski definition) is 5. The van der Waals surface area contributed by atoms with Crippen LogP contribution in [0, 0.1) is 5.92 Å². The topological polar surface area (TPSA) is 64.6 Å². The van der Waals surface area contributed by atoms with Crippen LogP contribution in [-0.2, 0) is 14.3 Å². The second kappa shape index (κ2) is 10.6. The maximum atomic E-state index is 12.3. The van der Waals surface area contributed by atoms with E-state index < -0.39 is 5.97 Å². The molecule has 2 aromatic rings. The van der Waals surface area contributed by atoms with Gasteiger partial charge in [0.25, 0.3) is 5.91 Å². The summed E-state index contributed by atoms with van der Waals surface area (Å²) in [5.74, 6) is 1.06. The normalized spacial score (nSPS) is 14.1. The Morgan fingerprint density at radius 3 is 2.55 bits per heavy atom. The Morgan fingerprint density at radius 2 is 1.90 bits per heavy atom. The standard InChI is InChI=1S/C22H24ClNO4S/c1-27-17-10-8-16(9-11-17)22(15-6-7-15)24-20(25)14-28-21(26)12-13-29-19-5-3-2-4-18(19)23/h2-5,8-11,15,22H,6-7,12-14H2,1H3,(H,24,25). The van der Waals surface area contributed by atoms with Crippen molar-refractivity contribution in [1.29, 1.82) is 0 Å². The number of esters is 1. The molecule has 1 aliphatic rings. The first-order valence-electron chi connectivity index (χ1n) is 9.53. The fourth-order valence-corrected chi connectivity index (χ4v) is 4.12. The highest BCUT2D eigenvalue weighted by Gasteiger charge is 2.33. The number of amides is 1. The molecule has 2 aromatic carbocycles. The summed E-state index contributed by atoms with van der Waals surface area (Å²) < 4.78 is 10.3. The number of methoxy groups -OCH3 is 1. The van der Waals surface area contributed by atoms with Gasteiger partial charge in [-0.3, -0.25) is 9.59 Å². The maximum Gasteiger partial charge on any atom is 0.307 e. The number of halogens is 1. The minimum atomic E-state index is -0.396. The summed E-state index contributed by atoms with van der Waals surface area (Å²) >= 11 is 7.58. The molecule has 0 heterocycles. The highest BCUT2D eigenvalue weighted by atomic mass is 35.5. The SMILES string of the molecule is COc1ccc(C(NC(=O)COC(=O)CCSc2ccccc2Cl)C2CC2)cc1. The van der Waals surface area contributed by atoms with Gasteiger partial charge in [0, 0.05) is 10.6 Å². The molecule has 0 spiro atoms. The van der Waals surface area contributed by atoms with E-state index in [1.165, 1.54) is 11.8 Å². The Bertz CT molecular complexity index is 839. The third-order valence-electron chi connectivity index (χ3n) is 4.65. The first kappa shape index (κ1) is 21.5. The molecule has 0 aromatic heterocycles. The molecular weight excluding hydrogens is 410 g/mol. The first-order chi connectivity index (χ1) is 14.1. The highest BCUT2D eigenvalue weighted by molar-refractivity contribution is 7.99. The Balaban J connectivity index is 1.42. The second-order valence-electron chi connectivity index (χ2n) is 6.85. The van der Waals surface area contributed by atoms with E-state index in [0.29, 0.717) is 16.7 Å². The minimum Gasteiger partial charge on any atom is -0.497 e. The first-order valence-corrected chi connectivity index (χ1v) is 10.9. The van der Waals surface area contributed by atoms with E-state index >= 15 is 0 Å². The van der Waals surface area contributed by atoms with Gasteiger partial charge < -0.3 is 14.8 Å². The van der Waals surface area contributed by atoms with Gasteiger partial charge in [0.2, 0.25) is 0 Å². The van der Waals surface area contributed by atoms with Crippen molar-refractivity contribution in [1.82, 2.24) is 5.32 Å². The van der Waals surface area contributed by atoms with Crippen LogP contribution in [0.3, 0.4) is 0 Å². The molecule has 1 aliphatic carbocycles. The lowest BCUT2D eigenvalue weighted by Crippen LogP contribution is -2.33. The zero-order chi connectivity index (χ0) is 20.6. The molecule has 5 nitrogen and oxygen atoms in total. The van der Waals surface area contributed by atoms with Crippen LogP contribution in [0.1, 0.15) is 30.9 Å². The number of benzene rings is 2. The molecule has 1 N–H and O–H groups in total. The summed E-state index contributed by atoms with van der Waals surface area (Å²) in [5.41, 5.74) is 1.03. The lowest BCUT2D eigenvalue weighted by atomic mass is 10.0. The predicted molar refractivity (Wildman–Crippen MR) is 114 cm³/mol. The summed E-state index contributed by atoms with van der Waals surface area (Å²) in [7, 11) is 1.62. The molecule has 1 saturated carbocycles. The molecule has 1 unspecified atom stereocenters. The van der Waals surface area contributed by atoms with Crippen molar-refractivity contribution in [2.75, 3.05) is 19.5 Å². The summed E-state index contributed by atoms with van der Waals surface area (Å²) in [6, 6.07) is 15.1. The van der Waals surface area contributed by atoms with Crippen molar-refractivity contribution in [3.05, 3.63) is 59.1 Å². The Labute approximate surface area is 180 Å². The molecular formula is C22H24ClNO4S. The number of rotatable bonds is 10. The molecule has 0 saturated heterocycles. The van der Waals surface area contributed by atoms with Crippen LogP contribution in [0.5, 0.6) is 5.75 Å². The maximum absolute atomic E-state index is 12.3. The van der Waals surface area contributed by atoms with E-state index in [4.69, 9.17) is 21.1 Å². The average molecular weight is 434 g/mol. The fourth-order valence-electron chi connectivity index (χ4n) is 2.95. The molecule has 0 aliphatic heterocycles. The molecule has 0 radical (unpaired) electrons. The summed E-state index contributed by atoms with van der Waals surface area (Å²) in [5, 5.41) is 3.66. The van der Waals surface area contributed by atoms with Crippen LogP contribution in [-0.4, -0.2) is 31.3 Å². The quantitative estimate of drug-likeness (QED) is 0.436. The van der Waals surface area contributed by atoms with Gasteiger partial charge in [0.05, 0.1) is 24.6 Å². The number of carbonyl (C=O) groups is 2. The van der Waals surface area contributed by atoms with Crippen molar-refractivity contribution in [3.63, 3.8) is 0 Å². The Morgan fingerprint density at radius 1 is 1.17 bits per heavy atom. The molecule has 1 amide bonds. The van der Waals surface area contributed by atoms with Crippen molar-refractivity contribution in [2.45, 2.75) is 30.2 Å². The molecule has 1 fully saturated rings. The number of carbonyl (C=O) groups excluding carboxylic acids is 2. The highest BCUT2D eigenvalue weighted by Crippen LogP contribution is 2.41. The molecule has 7 heteroatoms. The zero-order valence-corrected chi connectivity index (χ0v) is 17.8. The summed E-state index contributed by atoms with van der Waals surface area (Å²) in [6.07, 6.45) is 2.37. The van der Waals surface area contributed by atoms with Crippen LogP contribution < -0.4 is 10.1 Å². The second-order valence-corrected chi connectivity index (χ2v) is 8.39. The van der Waals surface area contributed by atoms with E-state index in [1.54, 1.807) is 7.11 Å². The van der Waals surface area contributed by atoms with Gasteiger partial charge in [-0.1, -0.05) is 35.9 Å². The lowest BCUT2D eigenvalue weighted by Gasteiger charge is -2.19. The van der Waals surface area contributed by atoms with Crippen molar-refractivity contribution >= 4 is 35.2 Å². The summed E-state index contributed by atoms with van der Waals surface area (Å²) in [4.78, 5) is 25.1. The molecule has 29 heavy (non-hydrogen) atoms.